The average molecular weight is 719 g/mol. The molecule has 0 atom stereocenters. The zero-order valence-corrected chi connectivity index (χ0v) is 27.2. The van der Waals surface area contributed by atoms with E-state index in [-0.39, 0.29) is 54.6 Å². The van der Waals surface area contributed by atoms with Crippen molar-refractivity contribution in [2.45, 2.75) is 44.7 Å². The van der Waals surface area contributed by atoms with Crippen molar-refractivity contribution in [2.24, 2.45) is 0 Å². The molecule has 14 nitrogen and oxygen atoms in total. The number of hydrogen-bond donors (Lipinski definition) is 0. The van der Waals surface area contributed by atoms with Gasteiger partial charge in [0, 0.05) is 24.6 Å². The molecular formula is C34H33F3N2O12. The monoisotopic (exact) mass is 718 g/mol. The van der Waals surface area contributed by atoms with Crippen molar-refractivity contribution >= 4 is 35.4 Å². The van der Waals surface area contributed by atoms with Crippen molar-refractivity contribution in [1.82, 2.24) is 0 Å². The lowest BCUT2D eigenvalue weighted by molar-refractivity contribution is -0.394. The molecule has 3 aromatic rings. The van der Waals surface area contributed by atoms with Crippen molar-refractivity contribution in [3.63, 3.8) is 0 Å². The molecule has 0 bridgehead atoms. The van der Waals surface area contributed by atoms with Crippen LogP contribution in [0.25, 0.3) is 6.08 Å². The first-order valence-electron chi connectivity index (χ1n) is 15.4. The molecule has 0 unspecified atom stereocenters. The summed E-state index contributed by atoms with van der Waals surface area (Å²) in [7, 11) is 1.33. The molecular weight excluding hydrogens is 685 g/mol. The first-order chi connectivity index (χ1) is 24.3. The maximum Gasteiger partial charge on any atom is 0.389 e. The van der Waals surface area contributed by atoms with Crippen molar-refractivity contribution in [3.05, 3.63) is 104 Å². The normalized spacial score (nSPS) is 11.1. The maximum absolute atomic E-state index is 12.6. The van der Waals surface area contributed by atoms with Gasteiger partial charge in [-0.05, 0) is 74.1 Å². The van der Waals surface area contributed by atoms with Gasteiger partial charge in [-0.3, -0.25) is 20.2 Å². The number of nitro groups is 2. The van der Waals surface area contributed by atoms with Gasteiger partial charge in [-0.25, -0.2) is 14.4 Å². The van der Waals surface area contributed by atoms with Crippen molar-refractivity contribution in [2.75, 3.05) is 26.9 Å². The molecule has 0 N–H and O–H groups in total. The van der Waals surface area contributed by atoms with E-state index >= 15 is 0 Å². The molecule has 0 aliphatic carbocycles. The number of non-ortho nitro benzene ring substituents is 2. The van der Waals surface area contributed by atoms with Crippen LogP contribution in [0.5, 0.6) is 17.2 Å². The lowest BCUT2D eigenvalue weighted by Crippen LogP contribution is -2.11. The number of carbonyl (C=O) groups is 3. The van der Waals surface area contributed by atoms with Crippen LogP contribution < -0.4 is 14.2 Å². The van der Waals surface area contributed by atoms with Gasteiger partial charge in [0.05, 0.1) is 54.0 Å². The fourth-order valence-corrected chi connectivity index (χ4v) is 4.30. The smallest absolute Gasteiger partial charge is 0.389 e. The summed E-state index contributed by atoms with van der Waals surface area (Å²) in [6.07, 6.45) is -0.497. The Labute approximate surface area is 289 Å². The van der Waals surface area contributed by atoms with E-state index < -0.39 is 51.7 Å². The van der Waals surface area contributed by atoms with Crippen molar-refractivity contribution < 1.29 is 61.1 Å². The van der Waals surface area contributed by atoms with E-state index in [0.29, 0.717) is 31.2 Å². The minimum atomic E-state index is -4.28. The predicted octanol–water partition coefficient (Wildman–Crippen LogP) is 7.43. The third-order valence-electron chi connectivity index (χ3n) is 6.84. The minimum Gasteiger partial charge on any atom is -0.493 e. The largest absolute Gasteiger partial charge is 0.493 e. The first kappa shape index (κ1) is 39.4. The number of esters is 3. The molecule has 17 heteroatoms. The highest BCUT2D eigenvalue weighted by atomic mass is 19.4. The molecule has 51 heavy (non-hydrogen) atoms. The summed E-state index contributed by atoms with van der Waals surface area (Å²) in [5.74, 6) is -1.65. The number of alkyl halides is 3. The third kappa shape index (κ3) is 13.8. The summed E-state index contributed by atoms with van der Waals surface area (Å²) in [5.41, 5.74) is -0.749. The van der Waals surface area contributed by atoms with Crippen molar-refractivity contribution in [1.29, 1.82) is 0 Å². The first-order valence-corrected chi connectivity index (χ1v) is 15.4. The van der Waals surface area contributed by atoms with E-state index in [4.69, 9.17) is 23.7 Å². The Morgan fingerprint density at radius 3 is 1.94 bits per heavy atom. The summed E-state index contributed by atoms with van der Waals surface area (Å²) in [6.45, 7) is -0.0473. The van der Waals surface area contributed by atoms with Crippen LogP contribution in [0.4, 0.5) is 24.5 Å². The van der Waals surface area contributed by atoms with E-state index in [1.165, 1.54) is 49.6 Å². The Hall–Kier alpha value is -6.00. The second-order valence-electron chi connectivity index (χ2n) is 10.7. The summed E-state index contributed by atoms with van der Waals surface area (Å²) >= 11 is 0. The number of nitrogens with zero attached hydrogens (tertiary/aromatic N) is 2. The van der Waals surface area contributed by atoms with Gasteiger partial charge in [0.25, 0.3) is 11.4 Å². The number of nitro benzene ring substituents is 2. The fourth-order valence-electron chi connectivity index (χ4n) is 4.30. The van der Waals surface area contributed by atoms with Crippen LogP contribution in [-0.4, -0.2) is 60.9 Å². The molecule has 0 fully saturated rings. The summed E-state index contributed by atoms with van der Waals surface area (Å²) in [4.78, 5) is 57.1. The van der Waals surface area contributed by atoms with Gasteiger partial charge in [0.1, 0.15) is 5.75 Å². The standard InChI is InChI=1S/C34H33F3N2O12/c1-47-30-21-24(10-13-29(30)48-18-6-15-34(35,36)37)33(42)51-28-11-7-23(8-12-28)9-14-31(40)49-16-4-2-3-5-17-50-32(41)25-19-26(38(43)44)22-27(20-25)39(45)46/h7-14,19-22H,2-6,15-18H2,1H3/b14-9+. The Balaban J connectivity index is 1.34. The Morgan fingerprint density at radius 1 is 0.725 bits per heavy atom. The highest BCUT2D eigenvalue weighted by Crippen LogP contribution is 2.30. The zero-order valence-electron chi connectivity index (χ0n) is 27.2. The Morgan fingerprint density at radius 2 is 1.35 bits per heavy atom. The van der Waals surface area contributed by atoms with Crippen LogP contribution in [0.15, 0.2) is 66.7 Å². The maximum atomic E-state index is 12.6. The molecule has 3 aromatic carbocycles. The van der Waals surface area contributed by atoms with Crippen LogP contribution in [0.3, 0.4) is 0 Å². The molecule has 272 valence electrons. The van der Waals surface area contributed by atoms with E-state index in [2.05, 4.69) is 0 Å². The molecule has 0 spiro atoms. The highest BCUT2D eigenvalue weighted by molar-refractivity contribution is 5.92. The molecule has 0 aromatic heterocycles. The molecule has 3 rings (SSSR count). The number of methoxy groups -OCH3 is 1. The number of carbonyl (C=O) groups excluding carboxylic acids is 3. The van der Waals surface area contributed by atoms with Gasteiger partial charge in [-0.15, -0.1) is 0 Å². The van der Waals surface area contributed by atoms with E-state index in [1.807, 2.05) is 0 Å². The van der Waals surface area contributed by atoms with Gasteiger partial charge in [0.2, 0.25) is 0 Å². The average Bonchev–Trinajstić information content (AvgIpc) is 3.10. The predicted molar refractivity (Wildman–Crippen MR) is 174 cm³/mol. The van der Waals surface area contributed by atoms with Crippen LogP contribution in [-0.2, 0) is 14.3 Å². The number of hydrogen-bond acceptors (Lipinski definition) is 12. The van der Waals surface area contributed by atoms with Gasteiger partial charge < -0.3 is 23.7 Å². The molecule has 0 aliphatic heterocycles. The fraction of sp³-hybridized carbons (Fsp3) is 0.324. The lowest BCUT2D eigenvalue weighted by atomic mass is 10.1. The highest BCUT2D eigenvalue weighted by Gasteiger charge is 2.26. The van der Waals surface area contributed by atoms with Crippen LogP contribution >= 0.6 is 0 Å². The Bertz CT molecular complexity index is 1690. The molecule has 0 aliphatic rings. The lowest BCUT2D eigenvalue weighted by Gasteiger charge is -2.12. The van der Waals surface area contributed by atoms with E-state index in [1.54, 1.807) is 12.1 Å². The van der Waals surface area contributed by atoms with Crippen LogP contribution in [0, 0.1) is 20.2 Å². The van der Waals surface area contributed by atoms with Gasteiger partial charge in [0.15, 0.2) is 11.5 Å². The molecule has 0 saturated carbocycles. The van der Waals surface area contributed by atoms with Crippen LogP contribution in [0.2, 0.25) is 0 Å². The molecule has 0 saturated heterocycles. The second-order valence-corrected chi connectivity index (χ2v) is 10.7. The molecule has 0 amide bonds. The second kappa shape index (κ2) is 19.3. The summed E-state index contributed by atoms with van der Waals surface area (Å²) in [5, 5.41) is 22.0. The Kier molecular flexibility index (Phi) is 14.9. The van der Waals surface area contributed by atoms with Gasteiger partial charge in [-0.1, -0.05) is 12.1 Å². The quantitative estimate of drug-likeness (QED) is 0.0299. The zero-order chi connectivity index (χ0) is 37.4. The molecule has 0 heterocycles. The van der Waals surface area contributed by atoms with Crippen molar-refractivity contribution in [3.8, 4) is 17.2 Å². The topological polar surface area (TPSA) is 184 Å². The number of benzene rings is 3. The number of rotatable bonds is 19. The van der Waals surface area contributed by atoms with Crippen LogP contribution in [0.1, 0.15) is 64.8 Å². The van der Waals surface area contributed by atoms with E-state index in [9.17, 15) is 47.8 Å². The number of unbranched alkanes of at least 4 members (excludes halogenated alkanes) is 3. The van der Waals surface area contributed by atoms with Gasteiger partial charge in [-0.2, -0.15) is 13.2 Å². The number of halogens is 3. The van der Waals surface area contributed by atoms with Gasteiger partial charge >= 0.3 is 24.1 Å². The summed E-state index contributed by atoms with van der Waals surface area (Å²) in [6, 6.07) is 13.0. The van der Waals surface area contributed by atoms with E-state index in [0.717, 1.165) is 18.2 Å². The number of ether oxygens (including phenoxy) is 5. The molecule has 0 radical (unpaired) electrons. The minimum absolute atomic E-state index is 0.00750. The SMILES string of the molecule is COc1cc(C(=O)Oc2ccc(/C=C/C(=O)OCCCCCCOC(=O)c3cc([N+](=O)[O-])cc([N+](=O)[O-])c3)cc2)ccc1OCCCC(F)(F)F. The summed E-state index contributed by atoms with van der Waals surface area (Å²) < 4.78 is 63.1. The third-order valence-corrected chi connectivity index (χ3v) is 6.84.